The highest BCUT2D eigenvalue weighted by Gasteiger charge is 2.24. The van der Waals surface area contributed by atoms with Gasteiger partial charge in [0.05, 0.1) is 15.4 Å². The third-order valence-electron chi connectivity index (χ3n) is 3.40. The number of nitrogens with one attached hydrogen (secondary N) is 1. The molecule has 0 aliphatic heterocycles. The van der Waals surface area contributed by atoms with Crippen LogP contribution in [-0.2, 0) is 9.84 Å². The number of hydrogen-bond acceptors (Lipinski definition) is 3. The van der Waals surface area contributed by atoms with E-state index in [0.717, 1.165) is 18.3 Å². The van der Waals surface area contributed by atoms with Crippen LogP contribution in [0.3, 0.4) is 0 Å². The summed E-state index contributed by atoms with van der Waals surface area (Å²) in [6.45, 7) is 0. The van der Waals surface area contributed by atoms with Crippen LogP contribution in [0.2, 0.25) is 5.02 Å². The van der Waals surface area contributed by atoms with Gasteiger partial charge in [-0.3, -0.25) is 4.79 Å². The summed E-state index contributed by atoms with van der Waals surface area (Å²) in [5, 5.41) is -0.477. The number of halogens is 4. The number of aromatic nitrogens is 1. The van der Waals surface area contributed by atoms with Gasteiger partial charge in [0, 0.05) is 11.6 Å². The van der Waals surface area contributed by atoms with Crippen molar-refractivity contribution in [2.24, 2.45) is 0 Å². The quantitative estimate of drug-likeness (QED) is 0.700. The van der Waals surface area contributed by atoms with Gasteiger partial charge in [0.15, 0.2) is 17.5 Å². The predicted octanol–water partition coefficient (Wildman–Crippen LogP) is 3.43. The van der Waals surface area contributed by atoms with E-state index in [4.69, 9.17) is 11.6 Å². The summed E-state index contributed by atoms with van der Waals surface area (Å²) in [6, 6.07) is 4.22. The largest absolute Gasteiger partial charge is 0.357 e. The maximum absolute atomic E-state index is 13.9. The maximum Gasteiger partial charge on any atom is 0.212 e. The summed E-state index contributed by atoms with van der Waals surface area (Å²) in [4.78, 5) is 13.4. The third kappa shape index (κ3) is 2.47. The van der Waals surface area contributed by atoms with Crippen molar-refractivity contribution in [3.05, 3.63) is 69.2 Å². The monoisotopic (exact) mass is 373 g/mol. The van der Waals surface area contributed by atoms with Crippen molar-refractivity contribution in [1.29, 1.82) is 0 Å². The number of pyridine rings is 1. The van der Waals surface area contributed by atoms with E-state index in [9.17, 15) is 26.4 Å². The Kier molecular flexibility index (Phi) is 3.89. The number of rotatable bonds is 2. The second-order valence-corrected chi connectivity index (χ2v) is 7.17. The van der Waals surface area contributed by atoms with Crippen LogP contribution in [0.25, 0.3) is 10.9 Å². The molecule has 0 bridgehead atoms. The van der Waals surface area contributed by atoms with Crippen molar-refractivity contribution in [3.63, 3.8) is 0 Å². The molecule has 0 atom stereocenters. The standard InChI is InChI=1S/C15H7ClF3NO3S/c16-9-3-2-8-14(13(9)19)20-6-12(15(8)21)24(22,23)7-1-4-10(17)11(18)5-7/h1-6H,(H,20,21). The molecule has 0 radical (unpaired) electrons. The molecule has 9 heteroatoms. The highest BCUT2D eigenvalue weighted by Crippen LogP contribution is 2.24. The van der Waals surface area contributed by atoms with Crippen LogP contribution in [0, 0.1) is 17.5 Å². The zero-order chi connectivity index (χ0) is 17.6. The lowest BCUT2D eigenvalue weighted by atomic mass is 10.2. The first kappa shape index (κ1) is 16.5. The minimum Gasteiger partial charge on any atom is -0.357 e. The van der Waals surface area contributed by atoms with Crippen molar-refractivity contribution < 1.29 is 21.6 Å². The predicted molar refractivity (Wildman–Crippen MR) is 81.3 cm³/mol. The second kappa shape index (κ2) is 5.64. The summed E-state index contributed by atoms with van der Waals surface area (Å²) < 4.78 is 65.1. The Morgan fingerprint density at radius 3 is 2.38 bits per heavy atom. The molecular formula is C15H7ClF3NO3S. The number of benzene rings is 2. The van der Waals surface area contributed by atoms with Crippen LogP contribution in [0.15, 0.2) is 51.1 Å². The zero-order valence-electron chi connectivity index (χ0n) is 11.6. The molecule has 124 valence electrons. The van der Waals surface area contributed by atoms with Crippen LogP contribution in [-0.4, -0.2) is 13.4 Å². The summed E-state index contributed by atoms with van der Waals surface area (Å²) in [5.41, 5.74) is -1.24. The summed E-state index contributed by atoms with van der Waals surface area (Å²) >= 11 is 5.61. The first-order chi connectivity index (χ1) is 11.2. The molecule has 24 heavy (non-hydrogen) atoms. The first-order valence-electron chi connectivity index (χ1n) is 6.43. The summed E-state index contributed by atoms with van der Waals surface area (Å²) in [6.07, 6.45) is 0.792. The van der Waals surface area contributed by atoms with E-state index in [0.29, 0.717) is 12.1 Å². The highest BCUT2D eigenvalue weighted by molar-refractivity contribution is 7.91. The first-order valence-corrected chi connectivity index (χ1v) is 8.29. The molecule has 1 aromatic heterocycles. The van der Waals surface area contributed by atoms with Crippen LogP contribution < -0.4 is 5.43 Å². The Bertz CT molecular complexity index is 1140. The lowest BCUT2D eigenvalue weighted by Gasteiger charge is -2.07. The van der Waals surface area contributed by atoms with Crippen molar-refractivity contribution in [1.82, 2.24) is 4.98 Å². The van der Waals surface area contributed by atoms with Gasteiger partial charge in [-0.2, -0.15) is 0 Å². The molecule has 3 rings (SSSR count). The van der Waals surface area contributed by atoms with Gasteiger partial charge in [0.25, 0.3) is 0 Å². The van der Waals surface area contributed by atoms with Gasteiger partial charge in [-0.25, -0.2) is 21.6 Å². The van der Waals surface area contributed by atoms with Gasteiger partial charge in [0.1, 0.15) is 4.90 Å². The van der Waals surface area contributed by atoms with E-state index in [1.165, 1.54) is 6.07 Å². The number of fused-ring (bicyclic) bond motifs is 1. The molecule has 0 saturated heterocycles. The fourth-order valence-corrected chi connectivity index (χ4v) is 3.67. The van der Waals surface area contributed by atoms with E-state index < -0.39 is 42.5 Å². The maximum atomic E-state index is 13.9. The van der Waals surface area contributed by atoms with Gasteiger partial charge in [0.2, 0.25) is 15.3 Å². The average Bonchev–Trinajstić information content (AvgIpc) is 2.53. The molecule has 1 heterocycles. The van der Waals surface area contributed by atoms with Gasteiger partial charge < -0.3 is 4.98 Å². The third-order valence-corrected chi connectivity index (χ3v) is 5.45. The van der Waals surface area contributed by atoms with Gasteiger partial charge in [-0.05, 0) is 30.3 Å². The molecule has 3 aromatic rings. The average molecular weight is 374 g/mol. The van der Waals surface area contributed by atoms with E-state index in [1.807, 2.05) is 0 Å². The number of aromatic amines is 1. The van der Waals surface area contributed by atoms with Gasteiger partial charge >= 0.3 is 0 Å². The van der Waals surface area contributed by atoms with Crippen LogP contribution in [0.4, 0.5) is 13.2 Å². The van der Waals surface area contributed by atoms with Crippen LogP contribution >= 0.6 is 11.6 Å². The normalized spacial score (nSPS) is 11.8. The number of sulfone groups is 1. The molecule has 0 aliphatic rings. The molecule has 0 saturated carbocycles. The van der Waals surface area contributed by atoms with E-state index in [2.05, 4.69) is 4.98 Å². The summed E-state index contributed by atoms with van der Waals surface area (Å²) in [5.74, 6) is -3.49. The molecule has 2 aromatic carbocycles. The minimum atomic E-state index is -4.43. The fourth-order valence-electron chi connectivity index (χ4n) is 2.19. The SMILES string of the molecule is O=c1c(S(=O)(=O)c2ccc(F)c(F)c2)c[nH]c2c(F)c(Cl)ccc12. The molecule has 0 spiro atoms. The second-order valence-electron chi connectivity index (χ2n) is 4.85. The van der Waals surface area contributed by atoms with Gasteiger partial charge in [-0.15, -0.1) is 0 Å². The molecule has 0 aliphatic carbocycles. The Morgan fingerprint density at radius 1 is 1.00 bits per heavy atom. The Labute approximate surface area is 138 Å². The van der Waals surface area contributed by atoms with E-state index in [-0.39, 0.29) is 15.9 Å². The zero-order valence-corrected chi connectivity index (χ0v) is 13.2. The molecule has 1 N–H and O–H groups in total. The molecule has 0 amide bonds. The fraction of sp³-hybridized carbons (Fsp3) is 0. The van der Waals surface area contributed by atoms with Crippen molar-refractivity contribution in [2.75, 3.05) is 0 Å². The lowest BCUT2D eigenvalue weighted by Crippen LogP contribution is -2.17. The Balaban J connectivity index is 2.29. The molecule has 0 unspecified atom stereocenters. The van der Waals surface area contributed by atoms with E-state index in [1.54, 1.807) is 0 Å². The Morgan fingerprint density at radius 2 is 1.71 bits per heavy atom. The van der Waals surface area contributed by atoms with Crippen LogP contribution in [0.5, 0.6) is 0 Å². The number of hydrogen-bond donors (Lipinski definition) is 1. The van der Waals surface area contributed by atoms with E-state index >= 15 is 0 Å². The molecule has 4 nitrogen and oxygen atoms in total. The van der Waals surface area contributed by atoms with Crippen LogP contribution in [0.1, 0.15) is 0 Å². The minimum absolute atomic E-state index is 0.236. The van der Waals surface area contributed by atoms with Crippen molar-refractivity contribution in [2.45, 2.75) is 9.79 Å². The molecule has 0 fully saturated rings. The topological polar surface area (TPSA) is 67.0 Å². The smallest absolute Gasteiger partial charge is 0.212 e. The summed E-state index contributed by atoms with van der Waals surface area (Å²) in [7, 11) is -4.43. The van der Waals surface area contributed by atoms with Gasteiger partial charge in [-0.1, -0.05) is 11.6 Å². The van der Waals surface area contributed by atoms with Crippen molar-refractivity contribution >= 4 is 32.3 Å². The Hall–Kier alpha value is -2.32. The molecular weight excluding hydrogens is 367 g/mol. The number of H-pyrrole nitrogens is 1. The van der Waals surface area contributed by atoms with Crippen molar-refractivity contribution in [3.8, 4) is 0 Å². The lowest BCUT2D eigenvalue weighted by molar-refractivity contribution is 0.504. The highest BCUT2D eigenvalue weighted by atomic mass is 35.5.